The summed E-state index contributed by atoms with van der Waals surface area (Å²) in [7, 11) is 0. The summed E-state index contributed by atoms with van der Waals surface area (Å²) >= 11 is 0. The lowest BCUT2D eigenvalue weighted by molar-refractivity contribution is 0.0293. The maximum absolute atomic E-state index is 12.6. The highest BCUT2D eigenvalue weighted by Crippen LogP contribution is 2.53. The Bertz CT molecular complexity index is 1990. The number of aliphatic imine (C=N–C) groups is 1. The van der Waals surface area contributed by atoms with Gasteiger partial charge in [-0.05, 0) is 80.8 Å². The highest BCUT2D eigenvalue weighted by Gasteiger charge is 2.31. The molecule has 1 atom stereocenters. The van der Waals surface area contributed by atoms with E-state index < -0.39 is 17.4 Å². The Morgan fingerprint density at radius 2 is 1.38 bits per heavy atom. The minimum atomic E-state index is -0.636. The highest BCUT2D eigenvalue weighted by atomic mass is 16.6. The number of aromatic hydroxyl groups is 6. The lowest BCUT2D eigenvalue weighted by atomic mass is 9.84. The summed E-state index contributed by atoms with van der Waals surface area (Å²) in [4.78, 5) is 18.9. The fourth-order valence-electron chi connectivity index (χ4n) is 6.90. The van der Waals surface area contributed by atoms with E-state index in [0.29, 0.717) is 69.0 Å². The van der Waals surface area contributed by atoms with Gasteiger partial charge in [0.05, 0.1) is 6.04 Å². The van der Waals surface area contributed by atoms with Crippen LogP contribution in [0.3, 0.4) is 0 Å². The molecule has 1 unspecified atom stereocenters. The average molecular weight is 659 g/mol. The van der Waals surface area contributed by atoms with Gasteiger partial charge < -0.3 is 40.3 Å². The zero-order valence-corrected chi connectivity index (χ0v) is 29.1. The van der Waals surface area contributed by atoms with E-state index in [-0.39, 0.29) is 57.6 Å². The van der Waals surface area contributed by atoms with Gasteiger partial charge in [0.25, 0.3) is 0 Å². The predicted octanol–water partition coefficient (Wildman–Crippen LogP) is 8.19. The van der Waals surface area contributed by atoms with Crippen LogP contribution in [0.4, 0.5) is 4.79 Å². The standard InChI is InChI=1S/C38H46N2O8/c1-17(2)27-22-12-19(5)29(32(42)23(22)14-26(41)34(27)44)30-20(6)13-24-28(18(3)4)36(46)33(43)25(31(24)35(30)45)15-39-21-10-11-40(16-21)37(47)48-38(7,8)9/h12-15,17-18,21,41-46H,10-11,16H2,1-9H3. The van der Waals surface area contributed by atoms with E-state index in [1.54, 1.807) is 39.5 Å². The van der Waals surface area contributed by atoms with Crippen LogP contribution in [0.15, 0.2) is 23.2 Å². The number of carbonyl (C=O) groups excluding carboxylic acids is 1. The van der Waals surface area contributed by atoms with E-state index >= 15 is 0 Å². The first-order valence-corrected chi connectivity index (χ1v) is 16.3. The van der Waals surface area contributed by atoms with Crippen LogP contribution in [0.25, 0.3) is 32.7 Å². The third-order valence-electron chi connectivity index (χ3n) is 9.03. The molecule has 0 saturated carbocycles. The van der Waals surface area contributed by atoms with Crippen molar-refractivity contribution in [3.05, 3.63) is 46.0 Å². The molecule has 6 N–H and O–H groups in total. The molecule has 0 spiro atoms. The van der Waals surface area contributed by atoms with E-state index in [1.165, 1.54) is 12.3 Å². The number of phenolic OH excluding ortho intramolecular Hbond substituents is 6. The van der Waals surface area contributed by atoms with E-state index in [2.05, 4.69) is 4.99 Å². The maximum Gasteiger partial charge on any atom is 0.410 e. The van der Waals surface area contributed by atoms with Crippen molar-refractivity contribution in [3.8, 4) is 45.6 Å². The Kier molecular flexibility index (Phi) is 8.84. The van der Waals surface area contributed by atoms with Crippen LogP contribution in [0, 0.1) is 13.8 Å². The second kappa shape index (κ2) is 12.3. The number of phenols is 6. The van der Waals surface area contributed by atoms with E-state index in [1.807, 2.05) is 39.8 Å². The first kappa shape index (κ1) is 34.5. The molecule has 48 heavy (non-hydrogen) atoms. The number of hydrogen-bond donors (Lipinski definition) is 6. The second-order valence-electron chi connectivity index (χ2n) is 14.5. The van der Waals surface area contributed by atoms with Crippen LogP contribution in [0.5, 0.6) is 34.5 Å². The number of fused-ring (bicyclic) bond motifs is 2. The van der Waals surface area contributed by atoms with E-state index in [9.17, 15) is 35.4 Å². The SMILES string of the molecule is Cc1cc2c(C(C)C)c(O)c(O)cc2c(O)c1-c1c(C)cc2c(C(C)C)c(O)c(O)c(C=NC3CCN(C(=O)OC(C)(C)C)C3)c2c1O. The Balaban J connectivity index is 1.73. The molecule has 1 amide bonds. The summed E-state index contributed by atoms with van der Waals surface area (Å²) in [6.07, 6.45) is 1.55. The summed E-state index contributed by atoms with van der Waals surface area (Å²) in [5.74, 6) is -2.17. The fraction of sp³-hybridized carbons (Fsp3) is 0.421. The molecule has 10 heteroatoms. The van der Waals surface area contributed by atoms with Crippen molar-refractivity contribution in [2.45, 2.75) is 92.2 Å². The van der Waals surface area contributed by atoms with Crippen molar-refractivity contribution in [3.63, 3.8) is 0 Å². The van der Waals surface area contributed by atoms with E-state index in [0.717, 1.165) is 0 Å². The van der Waals surface area contributed by atoms with Gasteiger partial charge in [0.15, 0.2) is 23.0 Å². The number of benzene rings is 4. The lowest BCUT2D eigenvalue weighted by Gasteiger charge is -2.24. The maximum atomic E-state index is 12.6. The topological polar surface area (TPSA) is 163 Å². The van der Waals surface area contributed by atoms with Gasteiger partial charge in [0.1, 0.15) is 17.1 Å². The van der Waals surface area contributed by atoms with Gasteiger partial charge in [0.2, 0.25) is 0 Å². The van der Waals surface area contributed by atoms with Crippen molar-refractivity contribution in [1.29, 1.82) is 0 Å². The molecule has 4 aromatic carbocycles. The van der Waals surface area contributed by atoms with Crippen LogP contribution in [0.2, 0.25) is 0 Å². The monoisotopic (exact) mass is 658 g/mol. The fourth-order valence-corrected chi connectivity index (χ4v) is 6.90. The van der Waals surface area contributed by atoms with Gasteiger partial charge in [-0.2, -0.15) is 0 Å². The molecule has 0 radical (unpaired) electrons. The second-order valence-corrected chi connectivity index (χ2v) is 14.5. The molecule has 0 aliphatic carbocycles. The number of ether oxygens (including phenoxy) is 1. The zero-order chi connectivity index (χ0) is 35.6. The van der Waals surface area contributed by atoms with Gasteiger partial charge in [-0.25, -0.2) is 4.79 Å². The molecular formula is C38H46N2O8. The molecule has 1 aliphatic rings. The first-order chi connectivity index (χ1) is 22.3. The minimum Gasteiger partial charge on any atom is -0.507 e. The summed E-state index contributed by atoms with van der Waals surface area (Å²) in [6.45, 7) is 17.2. The molecule has 1 heterocycles. The Hall–Kier alpha value is -4.86. The number of hydrogen-bond acceptors (Lipinski definition) is 9. The minimum absolute atomic E-state index is 0.101. The normalized spacial score (nSPS) is 15.6. The highest BCUT2D eigenvalue weighted by molar-refractivity contribution is 6.12. The van der Waals surface area contributed by atoms with Crippen LogP contribution in [-0.2, 0) is 4.74 Å². The van der Waals surface area contributed by atoms with E-state index in [4.69, 9.17) is 4.74 Å². The number of aryl methyl sites for hydroxylation is 2. The molecular weight excluding hydrogens is 612 g/mol. The number of likely N-dealkylation sites (tertiary alicyclic amines) is 1. The molecule has 10 nitrogen and oxygen atoms in total. The van der Waals surface area contributed by atoms with Gasteiger partial charge in [-0.1, -0.05) is 39.8 Å². The molecule has 256 valence electrons. The van der Waals surface area contributed by atoms with Crippen molar-refractivity contribution < 1.29 is 40.2 Å². The Morgan fingerprint density at radius 1 is 0.812 bits per heavy atom. The summed E-state index contributed by atoms with van der Waals surface area (Å²) in [5.41, 5.74) is 2.25. The molecule has 0 bridgehead atoms. The van der Waals surface area contributed by atoms with Crippen LogP contribution in [0.1, 0.15) is 94.5 Å². The van der Waals surface area contributed by atoms with Gasteiger partial charge in [-0.15, -0.1) is 0 Å². The van der Waals surface area contributed by atoms with Crippen LogP contribution < -0.4 is 0 Å². The van der Waals surface area contributed by atoms with Crippen LogP contribution >= 0.6 is 0 Å². The van der Waals surface area contributed by atoms with Gasteiger partial charge >= 0.3 is 6.09 Å². The summed E-state index contributed by atoms with van der Waals surface area (Å²) in [6, 6.07) is 4.63. The summed E-state index contributed by atoms with van der Waals surface area (Å²) in [5, 5.41) is 69.4. The van der Waals surface area contributed by atoms with Crippen molar-refractivity contribution in [2.75, 3.05) is 13.1 Å². The van der Waals surface area contributed by atoms with Crippen molar-refractivity contribution >= 4 is 33.9 Å². The molecule has 1 saturated heterocycles. The van der Waals surface area contributed by atoms with Crippen molar-refractivity contribution in [2.24, 2.45) is 4.99 Å². The van der Waals surface area contributed by atoms with Gasteiger partial charge in [-0.3, -0.25) is 4.99 Å². The predicted molar refractivity (Wildman–Crippen MR) is 188 cm³/mol. The number of carbonyl (C=O) groups is 1. The van der Waals surface area contributed by atoms with Gasteiger partial charge in [0, 0.05) is 57.9 Å². The quantitative estimate of drug-likeness (QED) is 0.0923. The van der Waals surface area contributed by atoms with Crippen LogP contribution in [-0.4, -0.2) is 72.6 Å². The zero-order valence-electron chi connectivity index (χ0n) is 29.1. The molecule has 5 rings (SSSR count). The lowest BCUT2D eigenvalue weighted by Crippen LogP contribution is -2.35. The third kappa shape index (κ3) is 5.88. The number of nitrogens with zero attached hydrogens (tertiary/aromatic N) is 2. The first-order valence-electron chi connectivity index (χ1n) is 16.3. The molecule has 1 fully saturated rings. The number of rotatable bonds is 5. The molecule has 4 aromatic rings. The Labute approximate surface area is 280 Å². The average Bonchev–Trinajstić information content (AvgIpc) is 3.44. The molecule has 1 aliphatic heterocycles. The smallest absolute Gasteiger partial charge is 0.410 e. The number of amides is 1. The summed E-state index contributed by atoms with van der Waals surface area (Å²) < 4.78 is 5.50. The largest absolute Gasteiger partial charge is 0.507 e. The Morgan fingerprint density at radius 3 is 1.96 bits per heavy atom. The third-order valence-corrected chi connectivity index (χ3v) is 9.03. The molecule has 0 aromatic heterocycles. The van der Waals surface area contributed by atoms with Crippen molar-refractivity contribution in [1.82, 2.24) is 4.90 Å².